The Morgan fingerprint density at radius 2 is 1.76 bits per heavy atom. The molecule has 0 aliphatic rings. The van der Waals surface area contributed by atoms with Crippen LogP contribution in [-0.4, -0.2) is 22.5 Å². The minimum Gasteiger partial charge on any atom is -0.484 e. The molecule has 0 spiro atoms. The van der Waals surface area contributed by atoms with Crippen molar-refractivity contribution in [1.29, 1.82) is 0 Å². The number of carbonyl (C=O) groups excluding carboxylic acids is 1. The molecule has 10 heteroatoms. The van der Waals surface area contributed by atoms with Gasteiger partial charge in [-0.3, -0.25) is 25.8 Å². The Balaban J connectivity index is 1.72. The van der Waals surface area contributed by atoms with E-state index in [9.17, 15) is 19.3 Å². The van der Waals surface area contributed by atoms with E-state index in [0.29, 0.717) is 11.4 Å². The molecule has 2 rings (SSSR count). The lowest BCUT2D eigenvalue weighted by Gasteiger charge is -2.12. The number of nitrogens with zero attached hydrogens (tertiary/aromatic N) is 1. The zero-order valence-corrected chi connectivity index (χ0v) is 13.5. The molecule has 130 valence electrons. The van der Waals surface area contributed by atoms with Gasteiger partial charge in [-0.1, -0.05) is 0 Å². The van der Waals surface area contributed by atoms with Crippen molar-refractivity contribution in [3.8, 4) is 5.75 Å². The number of nitro groups is 1. The predicted octanol–water partition coefficient (Wildman–Crippen LogP) is 2.13. The average Bonchev–Trinajstić information content (AvgIpc) is 2.60. The second-order valence-electron chi connectivity index (χ2n) is 4.67. The van der Waals surface area contributed by atoms with E-state index in [0.717, 1.165) is 0 Å². The predicted molar refractivity (Wildman–Crippen MR) is 92.5 cm³/mol. The average molecular weight is 364 g/mol. The summed E-state index contributed by atoms with van der Waals surface area (Å²) in [5, 5.41) is 13.4. The number of nitrogens with one attached hydrogen (secondary N) is 3. The van der Waals surface area contributed by atoms with E-state index in [1.807, 2.05) is 0 Å². The maximum Gasteiger partial charge on any atom is 0.276 e. The van der Waals surface area contributed by atoms with Crippen LogP contribution in [0.25, 0.3) is 0 Å². The van der Waals surface area contributed by atoms with E-state index in [2.05, 4.69) is 16.2 Å². The first-order valence-corrected chi connectivity index (χ1v) is 7.33. The smallest absolute Gasteiger partial charge is 0.276 e. The highest BCUT2D eigenvalue weighted by Crippen LogP contribution is 2.15. The number of hydrogen-bond acceptors (Lipinski definition) is 5. The minimum atomic E-state index is -0.512. The summed E-state index contributed by atoms with van der Waals surface area (Å²) < 4.78 is 17.9. The zero-order valence-electron chi connectivity index (χ0n) is 12.7. The number of hydrogen-bond donors (Lipinski definition) is 3. The van der Waals surface area contributed by atoms with Crippen molar-refractivity contribution in [3.63, 3.8) is 0 Å². The van der Waals surface area contributed by atoms with Crippen LogP contribution in [-0.2, 0) is 4.79 Å². The van der Waals surface area contributed by atoms with E-state index < -0.39 is 16.6 Å². The fourth-order valence-electron chi connectivity index (χ4n) is 1.67. The van der Waals surface area contributed by atoms with Crippen LogP contribution >= 0.6 is 12.2 Å². The summed E-state index contributed by atoms with van der Waals surface area (Å²) in [6.45, 7) is -0.293. The standard InChI is InChI=1S/C15H13FN4O4S/c16-10-1-7-13(8-2-10)24-9-14(21)18-19-15(25)17-11-3-5-12(6-4-11)20(22)23/h1-8H,9H2,(H,18,21)(H2,17,19,25). The van der Waals surface area contributed by atoms with Crippen molar-refractivity contribution in [1.82, 2.24) is 10.9 Å². The van der Waals surface area contributed by atoms with Crippen LogP contribution in [0, 0.1) is 15.9 Å². The number of carbonyl (C=O) groups is 1. The molecule has 0 saturated heterocycles. The highest BCUT2D eigenvalue weighted by Gasteiger charge is 2.06. The van der Waals surface area contributed by atoms with Gasteiger partial charge in [0.15, 0.2) is 11.7 Å². The SMILES string of the molecule is O=C(COc1ccc(F)cc1)NNC(=S)Nc1ccc([N+](=O)[O-])cc1. The van der Waals surface area contributed by atoms with Gasteiger partial charge in [-0.15, -0.1) is 0 Å². The maximum atomic E-state index is 12.7. The molecule has 0 unspecified atom stereocenters. The number of ether oxygens (including phenoxy) is 1. The monoisotopic (exact) mass is 364 g/mol. The van der Waals surface area contributed by atoms with Gasteiger partial charge < -0.3 is 10.1 Å². The number of rotatable bonds is 5. The molecule has 8 nitrogen and oxygen atoms in total. The summed E-state index contributed by atoms with van der Waals surface area (Å²) in [4.78, 5) is 21.7. The molecule has 25 heavy (non-hydrogen) atoms. The number of non-ortho nitro benzene ring substituents is 1. The molecule has 0 fully saturated rings. The van der Waals surface area contributed by atoms with Crippen LogP contribution in [0.4, 0.5) is 15.8 Å². The van der Waals surface area contributed by atoms with Crippen molar-refractivity contribution >= 4 is 34.6 Å². The van der Waals surface area contributed by atoms with Crippen molar-refractivity contribution in [2.75, 3.05) is 11.9 Å². The number of anilines is 1. The first-order chi connectivity index (χ1) is 11.9. The number of thiocarbonyl (C=S) groups is 1. The highest BCUT2D eigenvalue weighted by atomic mass is 32.1. The lowest BCUT2D eigenvalue weighted by atomic mass is 10.3. The summed E-state index contributed by atoms with van der Waals surface area (Å²) in [6, 6.07) is 10.8. The topological polar surface area (TPSA) is 106 Å². The summed E-state index contributed by atoms with van der Waals surface area (Å²) in [7, 11) is 0. The van der Waals surface area contributed by atoms with Gasteiger partial charge in [0.25, 0.3) is 11.6 Å². The van der Waals surface area contributed by atoms with E-state index in [1.54, 1.807) is 0 Å². The van der Waals surface area contributed by atoms with Crippen LogP contribution in [0.2, 0.25) is 0 Å². The Bertz CT molecular complexity index is 768. The summed E-state index contributed by atoms with van der Waals surface area (Å²) in [6.07, 6.45) is 0. The summed E-state index contributed by atoms with van der Waals surface area (Å²) in [5.41, 5.74) is 5.24. The Morgan fingerprint density at radius 1 is 1.12 bits per heavy atom. The van der Waals surface area contributed by atoms with Crippen LogP contribution in [0.1, 0.15) is 0 Å². The van der Waals surface area contributed by atoms with Gasteiger partial charge in [-0.25, -0.2) is 4.39 Å². The molecule has 0 aliphatic carbocycles. The number of nitro benzene ring substituents is 1. The highest BCUT2D eigenvalue weighted by molar-refractivity contribution is 7.80. The fourth-order valence-corrected chi connectivity index (χ4v) is 1.84. The minimum absolute atomic E-state index is 0.0457. The Kier molecular flexibility index (Phi) is 6.18. The van der Waals surface area contributed by atoms with Gasteiger partial charge >= 0.3 is 0 Å². The first-order valence-electron chi connectivity index (χ1n) is 6.93. The Hall–Kier alpha value is -3.27. The first kappa shape index (κ1) is 18.1. The quantitative estimate of drug-likeness (QED) is 0.424. The second-order valence-corrected chi connectivity index (χ2v) is 5.08. The van der Waals surface area contributed by atoms with E-state index in [4.69, 9.17) is 17.0 Å². The van der Waals surface area contributed by atoms with Crippen LogP contribution in [0.15, 0.2) is 48.5 Å². The molecule has 0 saturated carbocycles. The lowest BCUT2D eigenvalue weighted by Crippen LogP contribution is -2.45. The van der Waals surface area contributed by atoms with Crippen LogP contribution < -0.4 is 20.9 Å². The lowest BCUT2D eigenvalue weighted by molar-refractivity contribution is -0.384. The van der Waals surface area contributed by atoms with Crippen molar-refractivity contribution in [2.24, 2.45) is 0 Å². The molecule has 0 atom stereocenters. The third-order valence-corrected chi connectivity index (χ3v) is 3.04. The normalized spacial score (nSPS) is 9.80. The van der Waals surface area contributed by atoms with Crippen LogP contribution in [0.3, 0.4) is 0 Å². The molecule has 2 aromatic rings. The van der Waals surface area contributed by atoms with Gasteiger partial charge in [-0.05, 0) is 48.6 Å². The molecular formula is C15H13FN4O4S. The number of halogens is 1. The van der Waals surface area contributed by atoms with Gasteiger partial charge in [0.2, 0.25) is 0 Å². The third-order valence-electron chi connectivity index (χ3n) is 2.84. The number of hydrazine groups is 1. The van der Waals surface area contributed by atoms with Crippen molar-refractivity contribution in [3.05, 3.63) is 64.5 Å². The second kappa shape index (κ2) is 8.55. The van der Waals surface area contributed by atoms with Gasteiger partial charge in [-0.2, -0.15) is 0 Å². The summed E-state index contributed by atoms with van der Waals surface area (Å²) >= 11 is 4.98. The third kappa shape index (κ3) is 6.03. The number of benzene rings is 2. The molecule has 2 aromatic carbocycles. The molecule has 0 radical (unpaired) electrons. The number of amides is 1. The molecule has 1 amide bonds. The van der Waals surface area contributed by atoms with E-state index >= 15 is 0 Å². The molecule has 3 N–H and O–H groups in total. The van der Waals surface area contributed by atoms with Crippen molar-refractivity contribution in [2.45, 2.75) is 0 Å². The molecule has 0 aliphatic heterocycles. The maximum absolute atomic E-state index is 12.7. The Morgan fingerprint density at radius 3 is 2.36 bits per heavy atom. The van der Waals surface area contributed by atoms with E-state index in [1.165, 1.54) is 48.5 Å². The van der Waals surface area contributed by atoms with E-state index in [-0.39, 0.29) is 17.4 Å². The molecule has 0 bridgehead atoms. The zero-order chi connectivity index (χ0) is 18.2. The largest absolute Gasteiger partial charge is 0.484 e. The Labute approximate surface area is 147 Å². The van der Waals surface area contributed by atoms with Gasteiger partial charge in [0.05, 0.1) is 4.92 Å². The van der Waals surface area contributed by atoms with Gasteiger partial charge in [0, 0.05) is 17.8 Å². The van der Waals surface area contributed by atoms with Crippen LogP contribution in [0.5, 0.6) is 5.75 Å². The van der Waals surface area contributed by atoms with Crippen molar-refractivity contribution < 1.29 is 18.8 Å². The fraction of sp³-hybridized carbons (Fsp3) is 0.0667. The molecule has 0 heterocycles. The molecular weight excluding hydrogens is 351 g/mol. The van der Waals surface area contributed by atoms with Gasteiger partial charge in [0.1, 0.15) is 11.6 Å². The molecule has 0 aromatic heterocycles. The summed E-state index contributed by atoms with van der Waals surface area (Å²) in [5.74, 6) is -0.554.